The van der Waals surface area contributed by atoms with Crippen molar-refractivity contribution in [2.75, 3.05) is 0 Å². The second kappa shape index (κ2) is 7.83. The summed E-state index contributed by atoms with van der Waals surface area (Å²) in [6, 6.07) is 20.5. The van der Waals surface area contributed by atoms with Crippen LogP contribution in [-0.4, -0.2) is 7.85 Å². The fraction of sp³-hybridized carbons (Fsp3) is 0.182. The Labute approximate surface area is 141 Å². The molecule has 2 aromatic rings. The van der Waals surface area contributed by atoms with Gasteiger partial charge < -0.3 is 0 Å². The van der Waals surface area contributed by atoms with Crippen molar-refractivity contribution < 1.29 is 0 Å². The van der Waals surface area contributed by atoms with Crippen molar-refractivity contribution in [1.29, 1.82) is 0 Å². The van der Waals surface area contributed by atoms with E-state index in [9.17, 15) is 0 Å². The highest BCUT2D eigenvalue weighted by Crippen LogP contribution is 2.37. The molecule has 0 heterocycles. The molecule has 0 saturated heterocycles. The average molecular weight is 298 g/mol. The van der Waals surface area contributed by atoms with Gasteiger partial charge >= 0.3 is 0 Å². The maximum Gasteiger partial charge on any atom is 0.0811 e. The molecule has 2 aromatic carbocycles. The third kappa shape index (κ3) is 4.86. The summed E-state index contributed by atoms with van der Waals surface area (Å²) >= 11 is 0. The van der Waals surface area contributed by atoms with Gasteiger partial charge in [0.1, 0.15) is 0 Å². The van der Waals surface area contributed by atoms with Crippen LogP contribution in [0.2, 0.25) is 5.31 Å². The maximum absolute atomic E-state index is 6.64. The molecule has 1 atom stereocenters. The van der Waals surface area contributed by atoms with Gasteiger partial charge in [0.2, 0.25) is 0 Å². The smallest absolute Gasteiger partial charge is 0.0811 e. The van der Waals surface area contributed by atoms with E-state index in [4.69, 9.17) is 7.85 Å². The Morgan fingerprint density at radius 1 is 1.04 bits per heavy atom. The fourth-order valence-electron chi connectivity index (χ4n) is 2.63. The topological polar surface area (TPSA) is 0 Å². The highest BCUT2D eigenvalue weighted by molar-refractivity contribution is 6.17. The molecule has 0 aliphatic heterocycles. The zero-order chi connectivity index (χ0) is 16.7. The first-order chi connectivity index (χ1) is 11.0. The highest BCUT2D eigenvalue weighted by atomic mass is 14.2. The van der Waals surface area contributed by atoms with Gasteiger partial charge in [-0.1, -0.05) is 98.0 Å². The van der Waals surface area contributed by atoms with Crippen LogP contribution in [-0.2, 0) is 6.42 Å². The molecule has 114 valence electrons. The van der Waals surface area contributed by atoms with Gasteiger partial charge in [0.15, 0.2) is 0 Å². The summed E-state index contributed by atoms with van der Waals surface area (Å²) in [5, 5.41) is -0.453. The Hall–Kier alpha value is -2.28. The van der Waals surface area contributed by atoms with E-state index in [-0.39, 0.29) is 0 Å². The second-order valence-electron chi connectivity index (χ2n) is 6.07. The van der Waals surface area contributed by atoms with Gasteiger partial charge in [0.25, 0.3) is 0 Å². The van der Waals surface area contributed by atoms with Crippen LogP contribution in [0.25, 0.3) is 5.57 Å². The quantitative estimate of drug-likeness (QED) is 0.467. The van der Waals surface area contributed by atoms with Crippen molar-refractivity contribution in [2.45, 2.75) is 25.6 Å². The van der Waals surface area contributed by atoms with Crippen LogP contribution in [0.15, 0.2) is 91.0 Å². The number of hydrogen-bond donors (Lipinski definition) is 0. The summed E-state index contributed by atoms with van der Waals surface area (Å²) in [5.74, 6) is 0. The first kappa shape index (κ1) is 17.1. The molecule has 0 spiro atoms. The van der Waals surface area contributed by atoms with E-state index in [1.165, 1.54) is 5.56 Å². The van der Waals surface area contributed by atoms with Crippen molar-refractivity contribution in [3.05, 3.63) is 102 Å². The first-order valence-corrected chi connectivity index (χ1v) is 7.95. The van der Waals surface area contributed by atoms with Crippen molar-refractivity contribution in [1.82, 2.24) is 0 Å². The Kier molecular flexibility index (Phi) is 5.81. The van der Waals surface area contributed by atoms with Crippen LogP contribution >= 0.6 is 0 Å². The lowest BCUT2D eigenvalue weighted by atomic mass is 9.61. The maximum atomic E-state index is 6.64. The van der Waals surface area contributed by atoms with E-state index < -0.39 is 5.31 Å². The van der Waals surface area contributed by atoms with Gasteiger partial charge in [-0.3, -0.25) is 0 Å². The molecule has 0 nitrogen and oxygen atoms in total. The van der Waals surface area contributed by atoms with Crippen LogP contribution < -0.4 is 0 Å². The lowest BCUT2D eigenvalue weighted by Gasteiger charge is -2.28. The van der Waals surface area contributed by atoms with E-state index in [1.807, 2.05) is 49.4 Å². The van der Waals surface area contributed by atoms with E-state index in [0.717, 1.165) is 23.1 Å². The van der Waals surface area contributed by atoms with Crippen LogP contribution in [0.3, 0.4) is 0 Å². The predicted octanol–water partition coefficient (Wildman–Crippen LogP) is 5.79. The molecule has 0 aromatic heterocycles. The van der Waals surface area contributed by atoms with E-state index >= 15 is 0 Å². The lowest BCUT2D eigenvalue weighted by Crippen LogP contribution is -2.14. The van der Waals surface area contributed by atoms with Gasteiger partial charge in [-0.15, -0.1) is 0 Å². The lowest BCUT2D eigenvalue weighted by molar-refractivity contribution is 0.721. The molecule has 1 unspecified atom stereocenters. The summed E-state index contributed by atoms with van der Waals surface area (Å²) in [5.41, 5.74) is 4.41. The SMILES string of the molecule is [B]C(C)(Cc1ccccc1)C(/C=C\C)=C/C(=C)c1ccccc1. The number of rotatable bonds is 6. The van der Waals surface area contributed by atoms with E-state index in [2.05, 4.69) is 49.9 Å². The summed E-state index contributed by atoms with van der Waals surface area (Å²) in [7, 11) is 6.64. The zero-order valence-electron chi connectivity index (χ0n) is 14.0. The van der Waals surface area contributed by atoms with Crippen LogP contribution in [0.4, 0.5) is 0 Å². The molecule has 1 heteroatoms. The van der Waals surface area contributed by atoms with E-state index in [1.54, 1.807) is 0 Å². The molecule has 0 saturated carbocycles. The molecule has 0 fully saturated rings. The van der Waals surface area contributed by atoms with Gasteiger partial charge in [-0.05, 0) is 35.4 Å². The Morgan fingerprint density at radius 2 is 1.61 bits per heavy atom. The van der Waals surface area contributed by atoms with Gasteiger partial charge in [0, 0.05) is 0 Å². The van der Waals surface area contributed by atoms with Crippen molar-refractivity contribution >= 4 is 13.4 Å². The molecule has 0 aliphatic rings. The molecule has 2 radical (unpaired) electrons. The third-order valence-corrected chi connectivity index (χ3v) is 3.89. The minimum atomic E-state index is -0.453. The molecule has 0 N–H and O–H groups in total. The molecule has 0 aliphatic carbocycles. The number of allylic oxidation sites excluding steroid dienone is 5. The minimum Gasteiger partial charge on any atom is -0.0912 e. The Morgan fingerprint density at radius 3 is 2.17 bits per heavy atom. The standard InChI is InChI=1S/C22H23B/c1-4-11-21(16-18(2)20-14-9-6-10-15-20)22(3,23)17-19-12-7-5-8-13-19/h4-16H,2,17H2,1,3H3/b11-4-,21-16+. The average Bonchev–Trinajstić information content (AvgIpc) is 2.55. The largest absolute Gasteiger partial charge is 0.0912 e. The summed E-state index contributed by atoms with van der Waals surface area (Å²) in [4.78, 5) is 0. The van der Waals surface area contributed by atoms with Gasteiger partial charge in [-0.25, -0.2) is 0 Å². The first-order valence-electron chi connectivity index (χ1n) is 7.95. The van der Waals surface area contributed by atoms with Crippen molar-refractivity contribution in [3.8, 4) is 0 Å². The third-order valence-electron chi connectivity index (χ3n) is 3.89. The Bertz CT molecular complexity index is 691. The van der Waals surface area contributed by atoms with Crippen molar-refractivity contribution in [2.24, 2.45) is 0 Å². The normalized spacial score (nSPS) is 14.6. The van der Waals surface area contributed by atoms with Crippen molar-refractivity contribution in [3.63, 3.8) is 0 Å². The molecule has 2 rings (SSSR count). The molecular formula is C22H23B. The fourth-order valence-corrected chi connectivity index (χ4v) is 2.63. The molecular weight excluding hydrogens is 275 g/mol. The van der Waals surface area contributed by atoms with Gasteiger partial charge in [-0.2, -0.15) is 0 Å². The van der Waals surface area contributed by atoms with E-state index in [0.29, 0.717) is 0 Å². The van der Waals surface area contributed by atoms with Crippen LogP contribution in [0.1, 0.15) is 25.0 Å². The summed E-state index contributed by atoms with van der Waals surface area (Å²) in [6.07, 6.45) is 6.99. The highest BCUT2D eigenvalue weighted by Gasteiger charge is 2.21. The predicted molar refractivity (Wildman–Crippen MR) is 103 cm³/mol. The molecule has 0 amide bonds. The van der Waals surface area contributed by atoms with Crippen LogP contribution in [0.5, 0.6) is 0 Å². The van der Waals surface area contributed by atoms with Crippen LogP contribution in [0, 0.1) is 0 Å². The minimum absolute atomic E-state index is 0.453. The summed E-state index contributed by atoms with van der Waals surface area (Å²) < 4.78 is 0. The Balaban J connectivity index is 2.29. The monoisotopic (exact) mass is 298 g/mol. The number of benzene rings is 2. The zero-order valence-corrected chi connectivity index (χ0v) is 14.0. The number of hydrogen-bond acceptors (Lipinski definition) is 0. The van der Waals surface area contributed by atoms with Gasteiger partial charge in [0.05, 0.1) is 7.85 Å². The summed E-state index contributed by atoms with van der Waals surface area (Å²) in [6.45, 7) is 8.29. The molecule has 23 heavy (non-hydrogen) atoms. The second-order valence-corrected chi connectivity index (χ2v) is 6.07. The molecule has 0 bridgehead atoms.